The highest BCUT2D eigenvalue weighted by Gasteiger charge is 2.18. The molecule has 0 heterocycles. The van der Waals surface area contributed by atoms with Crippen molar-refractivity contribution in [3.63, 3.8) is 0 Å². The van der Waals surface area contributed by atoms with E-state index in [1.165, 1.54) is 0 Å². The van der Waals surface area contributed by atoms with Crippen molar-refractivity contribution in [2.75, 3.05) is 0 Å². The second kappa shape index (κ2) is 6.32. The number of hydrogen-bond donors (Lipinski definition) is 0. The summed E-state index contributed by atoms with van der Waals surface area (Å²) < 4.78 is 11.1. The zero-order valence-electron chi connectivity index (χ0n) is 12.6. The zero-order chi connectivity index (χ0) is 15.5. The van der Waals surface area contributed by atoms with Crippen LogP contribution in [-0.2, 0) is 11.0 Å². The fourth-order valence-corrected chi connectivity index (χ4v) is 2.42. The van der Waals surface area contributed by atoms with Crippen LogP contribution in [-0.4, -0.2) is 10.9 Å². The van der Waals surface area contributed by atoms with Gasteiger partial charge in [0.2, 0.25) is 0 Å². The van der Waals surface area contributed by atoms with Crippen LogP contribution in [0, 0.1) is 6.92 Å². The number of rotatable bonds is 5. The van der Waals surface area contributed by atoms with Crippen molar-refractivity contribution in [1.29, 1.82) is 0 Å². The van der Waals surface area contributed by atoms with Crippen LogP contribution >= 0.6 is 8.46 Å². The summed E-state index contributed by atoms with van der Waals surface area (Å²) in [4.78, 5) is 12.4. The predicted octanol–water partition coefficient (Wildman–Crippen LogP) is 4.84. The van der Waals surface area contributed by atoms with E-state index in [-0.39, 0.29) is 19.4 Å². The van der Waals surface area contributed by atoms with Crippen LogP contribution < -0.4 is 0 Å². The molecular formula is C18H19O2P. The lowest BCUT2D eigenvalue weighted by Crippen LogP contribution is -2.14. The second-order valence-corrected chi connectivity index (χ2v) is 7.37. The van der Waals surface area contributed by atoms with Crippen LogP contribution in [0.15, 0.2) is 48.5 Å². The van der Waals surface area contributed by atoms with Crippen molar-refractivity contribution >= 4 is 14.2 Å². The number of aryl methyl sites for hydroxylation is 1. The minimum Gasteiger partial charge on any atom is -0.289 e. The first-order chi connectivity index (χ1) is 9.91. The van der Waals surface area contributed by atoms with E-state index >= 15 is 0 Å². The zero-order valence-corrected chi connectivity index (χ0v) is 13.5. The lowest BCUT2D eigenvalue weighted by Gasteiger charge is -2.15. The minimum absolute atomic E-state index is 0.0303. The van der Waals surface area contributed by atoms with E-state index < -0.39 is 0 Å². The Balaban J connectivity index is 2.17. The molecule has 0 spiro atoms. The van der Waals surface area contributed by atoms with Gasteiger partial charge in [0.1, 0.15) is 0 Å². The molecule has 0 saturated heterocycles. The first kappa shape index (κ1) is 15.6. The van der Waals surface area contributed by atoms with Gasteiger partial charge in [-0.3, -0.25) is 9.36 Å². The summed E-state index contributed by atoms with van der Waals surface area (Å²) in [6.07, 6.45) is 0.719. The third-order valence-corrected chi connectivity index (χ3v) is 4.07. The molecule has 0 aliphatic carbocycles. The number of hydrogen-bond acceptors (Lipinski definition) is 2. The first-order valence-electron chi connectivity index (χ1n) is 6.96. The molecule has 0 N–H and O–H groups in total. The highest BCUT2D eigenvalue weighted by Crippen LogP contribution is 2.26. The summed E-state index contributed by atoms with van der Waals surface area (Å²) in [6.45, 7) is 5.90. The molecule has 0 bridgehead atoms. The maximum atomic E-state index is 12.4. The molecule has 0 aromatic heterocycles. The topological polar surface area (TPSA) is 34.1 Å². The molecule has 0 saturated carbocycles. The van der Waals surface area contributed by atoms with E-state index in [9.17, 15) is 9.36 Å². The molecule has 2 nitrogen and oxygen atoms in total. The summed E-state index contributed by atoms with van der Waals surface area (Å²) in [5, 5.41) is -0.275. The number of carbonyl (C=O) groups is 1. The molecule has 0 atom stereocenters. The van der Waals surface area contributed by atoms with Crippen LogP contribution in [0.5, 0.6) is 0 Å². The summed E-state index contributed by atoms with van der Waals surface area (Å²) in [7, 11) is 0.138. The molecule has 0 unspecified atom stereocenters. The molecule has 108 valence electrons. The van der Waals surface area contributed by atoms with Gasteiger partial charge in [0.15, 0.2) is 14.2 Å². The Hall–Kier alpha value is -1.79. The van der Waals surface area contributed by atoms with Crippen molar-refractivity contribution in [2.45, 2.75) is 32.3 Å². The van der Waals surface area contributed by atoms with Gasteiger partial charge in [-0.2, -0.15) is 0 Å². The van der Waals surface area contributed by atoms with Gasteiger partial charge in [-0.25, -0.2) is 0 Å². The largest absolute Gasteiger partial charge is 0.289 e. The first-order valence-corrected chi connectivity index (χ1v) is 7.77. The quantitative estimate of drug-likeness (QED) is 0.584. The van der Waals surface area contributed by atoms with Crippen molar-refractivity contribution in [3.05, 3.63) is 70.8 Å². The van der Waals surface area contributed by atoms with Crippen molar-refractivity contribution in [2.24, 2.45) is 0 Å². The van der Waals surface area contributed by atoms with Crippen LogP contribution in [0.25, 0.3) is 0 Å². The Morgan fingerprint density at radius 3 is 1.90 bits per heavy atom. The monoisotopic (exact) mass is 298 g/mol. The van der Waals surface area contributed by atoms with Gasteiger partial charge in [-0.05, 0) is 32.8 Å². The van der Waals surface area contributed by atoms with E-state index in [2.05, 4.69) is 0 Å². The SMILES string of the molecule is Cc1ccc(C(=O)c2ccc(CC(C)(C)P=O)cc2)cc1. The molecule has 0 aliphatic heterocycles. The number of ketones is 1. The average molecular weight is 298 g/mol. The normalized spacial score (nSPS) is 11.6. The van der Waals surface area contributed by atoms with E-state index in [0.29, 0.717) is 11.1 Å². The molecule has 0 aliphatic rings. The van der Waals surface area contributed by atoms with Gasteiger partial charge in [0.25, 0.3) is 0 Å². The fraction of sp³-hybridized carbons (Fsp3) is 0.278. The Morgan fingerprint density at radius 2 is 1.43 bits per heavy atom. The highest BCUT2D eigenvalue weighted by molar-refractivity contribution is 7.25. The number of benzene rings is 2. The van der Waals surface area contributed by atoms with Gasteiger partial charge in [-0.15, -0.1) is 0 Å². The fourth-order valence-electron chi connectivity index (χ4n) is 2.18. The molecule has 2 aromatic rings. The standard InChI is InChI=1S/C18H19O2P/c1-13-4-8-15(9-5-13)17(19)16-10-6-14(7-11-16)12-18(2,3)21-20/h4-11H,12H2,1-3H3. The summed E-state index contributed by atoms with van der Waals surface area (Å²) in [6, 6.07) is 15.2. The Labute approximate surface area is 127 Å². The van der Waals surface area contributed by atoms with E-state index in [1.807, 2.05) is 69.3 Å². The summed E-state index contributed by atoms with van der Waals surface area (Å²) >= 11 is 0. The Morgan fingerprint density at radius 1 is 0.952 bits per heavy atom. The van der Waals surface area contributed by atoms with Crippen molar-refractivity contribution in [1.82, 2.24) is 0 Å². The van der Waals surface area contributed by atoms with Crippen molar-refractivity contribution < 1.29 is 9.36 Å². The molecule has 0 fully saturated rings. The highest BCUT2D eigenvalue weighted by atomic mass is 31.1. The second-order valence-electron chi connectivity index (χ2n) is 5.97. The van der Waals surface area contributed by atoms with Gasteiger partial charge in [0.05, 0.1) is 0 Å². The smallest absolute Gasteiger partial charge is 0.193 e. The third-order valence-electron chi connectivity index (χ3n) is 3.41. The number of carbonyl (C=O) groups excluding carboxylic acids is 1. The lowest BCUT2D eigenvalue weighted by molar-refractivity contribution is 0.103. The molecule has 2 aromatic carbocycles. The lowest BCUT2D eigenvalue weighted by atomic mass is 9.97. The molecule has 0 radical (unpaired) electrons. The molecule has 21 heavy (non-hydrogen) atoms. The minimum atomic E-state index is -0.275. The van der Waals surface area contributed by atoms with Crippen LogP contribution in [0.1, 0.15) is 40.9 Å². The predicted molar refractivity (Wildman–Crippen MR) is 86.4 cm³/mol. The Bertz CT molecular complexity index is 640. The van der Waals surface area contributed by atoms with Gasteiger partial charge in [0, 0.05) is 16.3 Å². The Kier molecular flexibility index (Phi) is 4.69. The molecule has 2 rings (SSSR count). The van der Waals surface area contributed by atoms with Gasteiger partial charge < -0.3 is 0 Å². The van der Waals surface area contributed by atoms with Crippen LogP contribution in [0.3, 0.4) is 0 Å². The molecule has 3 heteroatoms. The van der Waals surface area contributed by atoms with Gasteiger partial charge >= 0.3 is 0 Å². The van der Waals surface area contributed by atoms with E-state index in [0.717, 1.165) is 17.5 Å². The van der Waals surface area contributed by atoms with E-state index in [4.69, 9.17) is 0 Å². The van der Waals surface area contributed by atoms with E-state index in [1.54, 1.807) is 0 Å². The third kappa shape index (κ3) is 4.09. The molecule has 0 amide bonds. The maximum absolute atomic E-state index is 12.4. The summed E-state index contributed by atoms with van der Waals surface area (Å²) in [5.74, 6) is 0.0303. The van der Waals surface area contributed by atoms with Crippen LogP contribution in [0.2, 0.25) is 0 Å². The van der Waals surface area contributed by atoms with Crippen molar-refractivity contribution in [3.8, 4) is 0 Å². The van der Waals surface area contributed by atoms with Crippen LogP contribution in [0.4, 0.5) is 0 Å². The average Bonchev–Trinajstić information content (AvgIpc) is 2.48. The summed E-state index contributed by atoms with van der Waals surface area (Å²) in [5.41, 5.74) is 3.61. The maximum Gasteiger partial charge on any atom is 0.193 e. The molecular weight excluding hydrogens is 279 g/mol. The van der Waals surface area contributed by atoms with Gasteiger partial charge in [-0.1, -0.05) is 54.1 Å².